The summed E-state index contributed by atoms with van der Waals surface area (Å²) in [6.07, 6.45) is 7.16. The Labute approximate surface area is 152 Å². The van der Waals surface area contributed by atoms with E-state index in [1.165, 1.54) is 26.1 Å². The fourth-order valence-corrected chi connectivity index (χ4v) is 3.78. The Hall–Kier alpha value is -1.82. The molecule has 1 N–H and O–H groups in total. The van der Waals surface area contributed by atoms with Crippen molar-refractivity contribution in [3.8, 4) is 0 Å². The van der Waals surface area contributed by atoms with E-state index in [2.05, 4.69) is 29.2 Å². The largest absolute Gasteiger partial charge is 0.465 e. The summed E-state index contributed by atoms with van der Waals surface area (Å²) in [5, 5.41) is 8.35. The van der Waals surface area contributed by atoms with Crippen LogP contribution in [0.4, 0.5) is 5.82 Å². The number of hydrogen-bond donors (Lipinski definition) is 1. The Balaban J connectivity index is 2.09. The number of hydrogen-bond acceptors (Lipinski definition) is 5. The molecule has 25 heavy (non-hydrogen) atoms. The minimum Gasteiger partial charge on any atom is -0.465 e. The molecule has 1 fully saturated rings. The maximum atomic E-state index is 12.0. The molecule has 0 bridgehead atoms. The van der Waals surface area contributed by atoms with E-state index in [0.29, 0.717) is 28.2 Å². The number of nitrogens with one attached hydrogen (secondary N) is 1. The number of aromatic nitrogens is 3. The van der Waals surface area contributed by atoms with Gasteiger partial charge < -0.3 is 10.1 Å². The average molecular weight is 365 g/mol. The second-order valence-electron chi connectivity index (χ2n) is 7.04. The maximum absolute atomic E-state index is 12.0. The van der Waals surface area contributed by atoms with Crippen molar-refractivity contribution in [2.45, 2.75) is 51.9 Å². The molecule has 0 saturated heterocycles. The van der Waals surface area contributed by atoms with Gasteiger partial charge in [-0.05, 0) is 31.1 Å². The van der Waals surface area contributed by atoms with Gasteiger partial charge in [0.2, 0.25) is 0 Å². The van der Waals surface area contributed by atoms with Gasteiger partial charge >= 0.3 is 5.97 Å². The van der Waals surface area contributed by atoms with Gasteiger partial charge in [0.15, 0.2) is 5.65 Å². The van der Waals surface area contributed by atoms with Crippen molar-refractivity contribution in [2.75, 3.05) is 19.0 Å². The topological polar surface area (TPSA) is 68.5 Å². The molecule has 2 aromatic rings. The Morgan fingerprint density at radius 1 is 1.44 bits per heavy atom. The Morgan fingerprint density at radius 3 is 2.80 bits per heavy atom. The van der Waals surface area contributed by atoms with Crippen LogP contribution in [0.1, 0.15) is 67.8 Å². The van der Waals surface area contributed by atoms with Gasteiger partial charge in [-0.1, -0.05) is 38.3 Å². The minimum atomic E-state index is -0.458. The summed E-state index contributed by atoms with van der Waals surface area (Å²) in [6, 6.07) is 0. The van der Waals surface area contributed by atoms with E-state index in [0.717, 1.165) is 37.2 Å². The first-order chi connectivity index (χ1) is 12.0. The second-order valence-corrected chi connectivity index (χ2v) is 7.40. The molecule has 0 unspecified atom stereocenters. The van der Waals surface area contributed by atoms with Crippen LogP contribution in [0.3, 0.4) is 0 Å². The molecular formula is C18H25ClN4O2. The van der Waals surface area contributed by atoms with Crippen molar-refractivity contribution in [2.24, 2.45) is 5.92 Å². The van der Waals surface area contributed by atoms with E-state index < -0.39 is 5.97 Å². The number of fused-ring (bicyclic) bond motifs is 1. The molecule has 136 valence electrons. The van der Waals surface area contributed by atoms with Crippen molar-refractivity contribution in [1.82, 2.24) is 14.6 Å². The molecule has 0 atom stereocenters. The molecule has 2 heterocycles. The van der Waals surface area contributed by atoms with Gasteiger partial charge in [-0.15, -0.1) is 0 Å². The number of carbonyl (C=O) groups excluding carboxylic acids is 1. The van der Waals surface area contributed by atoms with Gasteiger partial charge in [0, 0.05) is 12.1 Å². The molecular weight excluding hydrogens is 340 g/mol. The Bertz CT molecular complexity index is 766. The van der Waals surface area contributed by atoms with Crippen LogP contribution in [-0.4, -0.2) is 34.2 Å². The van der Waals surface area contributed by atoms with E-state index in [9.17, 15) is 4.79 Å². The second kappa shape index (κ2) is 7.60. The number of rotatable bonds is 6. The smallest absolute Gasteiger partial charge is 0.343 e. The fraction of sp³-hybridized carbons (Fsp3) is 0.611. The first-order valence-electron chi connectivity index (χ1n) is 8.92. The van der Waals surface area contributed by atoms with Crippen LogP contribution in [-0.2, 0) is 4.74 Å². The van der Waals surface area contributed by atoms with Crippen molar-refractivity contribution in [3.63, 3.8) is 0 Å². The summed E-state index contributed by atoms with van der Waals surface area (Å²) in [5.41, 5.74) is 1.79. The Morgan fingerprint density at radius 2 is 2.16 bits per heavy atom. The van der Waals surface area contributed by atoms with E-state index in [1.807, 2.05) is 0 Å². The van der Waals surface area contributed by atoms with Gasteiger partial charge in [0.1, 0.15) is 16.5 Å². The molecule has 1 aliphatic carbocycles. The van der Waals surface area contributed by atoms with Crippen molar-refractivity contribution in [1.29, 1.82) is 0 Å². The molecule has 0 amide bonds. The highest BCUT2D eigenvalue weighted by molar-refractivity contribution is 6.30. The minimum absolute atomic E-state index is 0.328. The standard InChI is InChI=1S/C18H25ClN4O2/c1-11(2)8-9-20-17-14(12-6-4-5-7-12)15(19)22-16-13(18(24)25-3)10-21-23(16)17/h10-12,20H,4-9H2,1-3H3. The van der Waals surface area contributed by atoms with Crippen LogP contribution in [0.5, 0.6) is 0 Å². The van der Waals surface area contributed by atoms with Gasteiger partial charge in [-0.25, -0.2) is 9.78 Å². The zero-order chi connectivity index (χ0) is 18.0. The lowest BCUT2D eigenvalue weighted by Gasteiger charge is -2.19. The number of halogens is 1. The van der Waals surface area contributed by atoms with Gasteiger partial charge in [0.25, 0.3) is 0 Å². The lowest BCUT2D eigenvalue weighted by Crippen LogP contribution is -2.14. The predicted octanol–water partition coefficient (Wildman–Crippen LogP) is 4.28. The SMILES string of the molecule is COC(=O)c1cnn2c(NCCC(C)C)c(C3CCCC3)c(Cl)nc12. The number of methoxy groups -OCH3 is 1. The van der Waals surface area contributed by atoms with Crippen molar-refractivity contribution in [3.05, 3.63) is 22.5 Å². The summed E-state index contributed by atoms with van der Waals surface area (Å²) in [4.78, 5) is 16.5. The highest BCUT2D eigenvalue weighted by atomic mass is 35.5. The summed E-state index contributed by atoms with van der Waals surface area (Å²) in [7, 11) is 1.35. The van der Waals surface area contributed by atoms with Gasteiger partial charge in [-0.3, -0.25) is 0 Å². The van der Waals surface area contributed by atoms with Crippen LogP contribution in [0, 0.1) is 5.92 Å². The van der Waals surface area contributed by atoms with Crippen molar-refractivity contribution >= 4 is 29.0 Å². The number of anilines is 1. The van der Waals surface area contributed by atoms with Crippen molar-refractivity contribution < 1.29 is 9.53 Å². The normalized spacial score (nSPS) is 15.2. The van der Waals surface area contributed by atoms with Crippen LogP contribution in [0.15, 0.2) is 6.20 Å². The number of nitrogens with zero attached hydrogens (tertiary/aromatic N) is 3. The third kappa shape index (κ3) is 3.59. The number of esters is 1. The lowest BCUT2D eigenvalue weighted by molar-refractivity contribution is 0.0602. The third-order valence-corrected chi connectivity index (χ3v) is 5.11. The molecule has 3 rings (SSSR count). The van der Waals surface area contributed by atoms with Crippen LogP contribution in [0.2, 0.25) is 5.15 Å². The molecule has 1 saturated carbocycles. The number of carbonyl (C=O) groups is 1. The molecule has 0 aromatic carbocycles. The molecule has 0 spiro atoms. The molecule has 6 nitrogen and oxygen atoms in total. The summed E-state index contributed by atoms with van der Waals surface area (Å²) in [5.74, 6) is 1.38. The van der Waals surface area contributed by atoms with Gasteiger partial charge in [0.05, 0.1) is 13.3 Å². The Kier molecular flexibility index (Phi) is 5.47. The fourth-order valence-electron chi connectivity index (χ4n) is 3.46. The molecule has 1 aliphatic rings. The quantitative estimate of drug-likeness (QED) is 0.611. The zero-order valence-electron chi connectivity index (χ0n) is 15.0. The van der Waals surface area contributed by atoms with Crippen LogP contribution >= 0.6 is 11.6 Å². The summed E-state index contributed by atoms with van der Waals surface area (Å²) in [6.45, 7) is 5.20. The predicted molar refractivity (Wildman–Crippen MR) is 98.5 cm³/mol. The first kappa shape index (κ1) is 18.0. The summed E-state index contributed by atoms with van der Waals surface area (Å²) >= 11 is 6.56. The van der Waals surface area contributed by atoms with E-state index >= 15 is 0 Å². The van der Waals surface area contributed by atoms with Gasteiger partial charge in [-0.2, -0.15) is 9.61 Å². The molecule has 7 heteroatoms. The van der Waals surface area contributed by atoms with Crippen LogP contribution in [0.25, 0.3) is 5.65 Å². The van der Waals surface area contributed by atoms with Crippen LogP contribution < -0.4 is 5.32 Å². The average Bonchev–Trinajstić information content (AvgIpc) is 3.23. The first-order valence-corrected chi connectivity index (χ1v) is 9.30. The number of ether oxygens (including phenoxy) is 1. The highest BCUT2D eigenvalue weighted by Crippen LogP contribution is 2.41. The van der Waals surface area contributed by atoms with E-state index in [1.54, 1.807) is 4.52 Å². The van der Waals surface area contributed by atoms with E-state index in [-0.39, 0.29) is 0 Å². The molecule has 2 aromatic heterocycles. The molecule has 0 radical (unpaired) electrons. The zero-order valence-corrected chi connectivity index (χ0v) is 15.8. The highest BCUT2D eigenvalue weighted by Gasteiger charge is 2.27. The lowest BCUT2D eigenvalue weighted by atomic mass is 9.99. The molecule has 0 aliphatic heterocycles. The maximum Gasteiger partial charge on any atom is 0.343 e. The summed E-state index contributed by atoms with van der Waals surface area (Å²) < 4.78 is 6.53. The third-order valence-electron chi connectivity index (χ3n) is 4.82. The van der Waals surface area contributed by atoms with E-state index in [4.69, 9.17) is 16.3 Å². The monoisotopic (exact) mass is 364 g/mol.